The van der Waals surface area contributed by atoms with Crippen molar-refractivity contribution in [1.82, 2.24) is 20.4 Å². The van der Waals surface area contributed by atoms with Gasteiger partial charge in [0.2, 0.25) is 0 Å². The van der Waals surface area contributed by atoms with Crippen LogP contribution in [0.5, 0.6) is 0 Å². The lowest BCUT2D eigenvalue weighted by molar-refractivity contribution is 0.222. The molecule has 2 aliphatic rings. The summed E-state index contributed by atoms with van der Waals surface area (Å²) in [5.41, 5.74) is 0. The van der Waals surface area contributed by atoms with Crippen LogP contribution in [0.2, 0.25) is 0 Å². The number of hydrogen-bond donors (Lipinski definition) is 1. The van der Waals surface area contributed by atoms with Gasteiger partial charge in [-0.25, -0.2) is 0 Å². The lowest BCUT2D eigenvalue weighted by Crippen LogP contribution is -2.38. The van der Waals surface area contributed by atoms with Crippen molar-refractivity contribution in [3.63, 3.8) is 0 Å². The Morgan fingerprint density at radius 1 is 1.38 bits per heavy atom. The summed E-state index contributed by atoms with van der Waals surface area (Å²) in [6, 6.07) is 5.38. The molecule has 1 saturated heterocycles. The van der Waals surface area contributed by atoms with Crippen molar-refractivity contribution in [2.75, 3.05) is 13.1 Å². The predicted octanol–water partition coefficient (Wildman–Crippen LogP) is 2.51. The molecule has 0 spiro atoms. The smallest absolute Gasteiger partial charge is 0.268 e. The summed E-state index contributed by atoms with van der Waals surface area (Å²) >= 11 is 1.63. The van der Waals surface area contributed by atoms with Crippen LogP contribution in [0, 0.1) is 0 Å². The fourth-order valence-electron chi connectivity index (χ4n) is 2.98. The van der Waals surface area contributed by atoms with E-state index in [-0.39, 0.29) is 0 Å². The average molecular weight is 304 g/mol. The van der Waals surface area contributed by atoms with E-state index in [1.807, 2.05) is 17.5 Å². The number of aromatic nitrogens is 2. The Morgan fingerprint density at radius 2 is 2.33 bits per heavy atom. The van der Waals surface area contributed by atoms with Gasteiger partial charge in [-0.3, -0.25) is 4.90 Å². The normalized spacial score (nSPS) is 22.2. The maximum atomic E-state index is 5.39. The van der Waals surface area contributed by atoms with Crippen LogP contribution >= 0.6 is 11.3 Å². The Balaban J connectivity index is 1.43. The number of nitrogens with zero attached hydrogens (tertiary/aromatic N) is 3. The molecule has 0 amide bonds. The third kappa shape index (κ3) is 3.17. The van der Waals surface area contributed by atoms with Crippen molar-refractivity contribution in [3.05, 3.63) is 23.3 Å². The van der Waals surface area contributed by atoms with E-state index in [1.165, 1.54) is 25.7 Å². The van der Waals surface area contributed by atoms with E-state index in [1.54, 1.807) is 11.3 Å². The minimum absolute atomic E-state index is 0.634. The first kappa shape index (κ1) is 13.4. The van der Waals surface area contributed by atoms with Crippen molar-refractivity contribution in [2.45, 2.75) is 44.3 Å². The van der Waals surface area contributed by atoms with Crippen LogP contribution in [0.25, 0.3) is 10.8 Å². The number of thiophene rings is 1. The summed E-state index contributed by atoms with van der Waals surface area (Å²) < 4.78 is 5.39. The fraction of sp³-hybridized carbons (Fsp3) is 0.600. The molecule has 21 heavy (non-hydrogen) atoms. The van der Waals surface area contributed by atoms with Gasteiger partial charge in [-0.2, -0.15) is 4.98 Å². The molecule has 3 heterocycles. The second kappa shape index (κ2) is 5.87. The fourth-order valence-corrected chi connectivity index (χ4v) is 3.62. The average Bonchev–Trinajstić information content (AvgIpc) is 2.93. The molecule has 1 aliphatic carbocycles. The second-order valence-corrected chi connectivity index (χ2v) is 6.89. The highest BCUT2D eigenvalue weighted by molar-refractivity contribution is 7.13. The summed E-state index contributed by atoms with van der Waals surface area (Å²) in [6.07, 6.45) is 5.20. The van der Waals surface area contributed by atoms with Crippen LogP contribution in [0.4, 0.5) is 0 Å². The van der Waals surface area contributed by atoms with Gasteiger partial charge in [-0.15, -0.1) is 11.3 Å². The molecule has 6 heteroatoms. The van der Waals surface area contributed by atoms with Gasteiger partial charge in [0.1, 0.15) is 0 Å². The zero-order valence-electron chi connectivity index (χ0n) is 12.0. The van der Waals surface area contributed by atoms with E-state index in [4.69, 9.17) is 4.52 Å². The zero-order valence-corrected chi connectivity index (χ0v) is 12.8. The highest BCUT2D eigenvalue weighted by Crippen LogP contribution is 2.29. The third-order valence-corrected chi connectivity index (χ3v) is 5.08. The first-order chi connectivity index (χ1) is 10.4. The van der Waals surface area contributed by atoms with Crippen molar-refractivity contribution in [2.24, 2.45) is 0 Å². The molecule has 0 aromatic carbocycles. The van der Waals surface area contributed by atoms with Crippen LogP contribution in [-0.2, 0) is 6.54 Å². The molecule has 0 bridgehead atoms. The SMILES string of the molecule is c1csc(-c2nc(CN(CC3CCCN3)C3CC3)no2)c1. The summed E-state index contributed by atoms with van der Waals surface area (Å²) in [6.45, 7) is 3.07. The van der Waals surface area contributed by atoms with Crippen molar-refractivity contribution in [1.29, 1.82) is 0 Å². The van der Waals surface area contributed by atoms with Crippen molar-refractivity contribution in [3.8, 4) is 10.8 Å². The number of nitrogens with one attached hydrogen (secondary N) is 1. The van der Waals surface area contributed by atoms with E-state index < -0.39 is 0 Å². The van der Waals surface area contributed by atoms with Gasteiger partial charge in [0.15, 0.2) is 5.82 Å². The predicted molar refractivity (Wildman–Crippen MR) is 82.1 cm³/mol. The lowest BCUT2D eigenvalue weighted by atomic mass is 10.2. The van der Waals surface area contributed by atoms with Crippen LogP contribution < -0.4 is 5.32 Å². The molecule has 0 radical (unpaired) electrons. The van der Waals surface area contributed by atoms with Gasteiger partial charge < -0.3 is 9.84 Å². The highest BCUT2D eigenvalue weighted by atomic mass is 32.1. The molecule has 112 valence electrons. The molecule has 4 rings (SSSR count). The third-order valence-electron chi connectivity index (χ3n) is 4.23. The summed E-state index contributed by atoms with van der Waals surface area (Å²) in [4.78, 5) is 8.11. The number of rotatable bonds is 6. The van der Waals surface area contributed by atoms with E-state index in [0.717, 1.165) is 36.4 Å². The quantitative estimate of drug-likeness (QED) is 0.888. The Kier molecular flexibility index (Phi) is 3.75. The van der Waals surface area contributed by atoms with Gasteiger partial charge >= 0.3 is 0 Å². The largest absolute Gasteiger partial charge is 0.333 e. The molecule has 1 unspecified atom stereocenters. The molecule has 1 atom stereocenters. The highest BCUT2D eigenvalue weighted by Gasteiger charge is 2.32. The molecule has 1 saturated carbocycles. The molecule has 2 aromatic rings. The maximum Gasteiger partial charge on any atom is 0.268 e. The molecule has 2 fully saturated rings. The first-order valence-electron chi connectivity index (χ1n) is 7.72. The van der Waals surface area contributed by atoms with Gasteiger partial charge in [-0.05, 0) is 43.7 Å². The van der Waals surface area contributed by atoms with E-state index >= 15 is 0 Å². The molecular formula is C15H20N4OS. The molecule has 1 aliphatic heterocycles. The molecule has 5 nitrogen and oxygen atoms in total. The van der Waals surface area contributed by atoms with E-state index in [9.17, 15) is 0 Å². The second-order valence-electron chi connectivity index (χ2n) is 5.95. The van der Waals surface area contributed by atoms with Gasteiger partial charge in [-0.1, -0.05) is 11.2 Å². The van der Waals surface area contributed by atoms with Crippen LogP contribution in [0.1, 0.15) is 31.5 Å². The van der Waals surface area contributed by atoms with E-state index in [2.05, 4.69) is 20.4 Å². The Bertz CT molecular complexity index is 572. The molecule has 1 N–H and O–H groups in total. The van der Waals surface area contributed by atoms with Crippen molar-refractivity contribution < 1.29 is 4.52 Å². The first-order valence-corrected chi connectivity index (χ1v) is 8.60. The minimum atomic E-state index is 0.634. The molecular weight excluding hydrogens is 284 g/mol. The molecule has 2 aromatic heterocycles. The number of hydrogen-bond acceptors (Lipinski definition) is 6. The maximum absolute atomic E-state index is 5.39. The standard InChI is InChI=1S/C15H20N4OS/c1-3-11(16-7-1)9-19(12-5-6-12)10-14-17-15(20-18-14)13-4-2-8-21-13/h2,4,8,11-12,16H,1,3,5-7,9-10H2. The topological polar surface area (TPSA) is 54.2 Å². The van der Waals surface area contributed by atoms with Crippen LogP contribution in [0.3, 0.4) is 0 Å². The minimum Gasteiger partial charge on any atom is -0.333 e. The van der Waals surface area contributed by atoms with E-state index in [0.29, 0.717) is 11.9 Å². The van der Waals surface area contributed by atoms with Crippen LogP contribution in [-0.4, -0.2) is 40.2 Å². The van der Waals surface area contributed by atoms with Crippen molar-refractivity contribution >= 4 is 11.3 Å². The van der Waals surface area contributed by atoms with Gasteiger partial charge in [0, 0.05) is 18.6 Å². The zero-order chi connectivity index (χ0) is 14.1. The summed E-state index contributed by atoms with van der Waals surface area (Å²) in [5.74, 6) is 1.46. The Labute approximate surface area is 128 Å². The Hall–Kier alpha value is -1.24. The van der Waals surface area contributed by atoms with Gasteiger partial charge in [0.05, 0.1) is 11.4 Å². The summed E-state index contributed by atoms with van der Waals surface area (Å²) in [5, 5.41) is 9.76. The van der Waals surface area contributed by atoms with Crippen LogP contribution in [0.15, 0.2) is 22.0 Å². The van der Waals surface area contributed by atoms with Gasteiger partial charge in [0.25, 0.3) is 5.89 Å². The lowest BCUT2D eigenvalue weighted by Gasteiger charge is -2.23. The monoisotopic (exact) mass is 304 g/mol. The Morgan fingerprint density at radius 3 is 3.05 bits per heavy atom. The summed E-state index contributed by atoms with van der Waals surface area (Å²) in [7, 11) is 0.